The first-order valence-electron chi connectivity index (χ1n) is 6.48. The Kier molecular flexibility index (Phi) is 6.68. The highest BCUT2D eigenvalue weighted by molar-refractivity contribution is 9.10. The lowest BCUT2D eigenvalue weighted by atomic mass is 10.1. The van der Waals surface area contributed by atoms with Crippen LogP contribution in [-0.4, -0.2) is 31.1 Å². The fourth-order valence-corrected chi connectivity index (χ4v) is 2.17. The van der Waals surface area contributed by atoms with Crippen LogP contribution < -0.4 is 10.5 Å². The lowest BCUT2D eigenvalue weighted by molar-refractivity contribution is 0.221. The van der Waals surface area contributed by atoms with Crippen molar-refractivity contribution in [2.24, 2.45) is 5.73 Å². The Morgan fingerprint density at radius 3 is 2.56 bits per heavy atom. The second-order valence-corrected chi connectivity index (χ2v) is 5.26. The highest BCUT2D eigenvalue weighted by Gasteiger charge is 2.09. The third-order valence-electron chi connectivity index (χ3n) is 3.03. The van der Waals surface area contributed by atoms with E-state index in [2.05, 4.69) is 34.7 Å². The Balaban J connectivity index is 2.63. The number of hydrogen-bond acceptors (Lipinski definition) is 3. The summed E-state index contributed by atoms with van der Waals surface area (Å²) in [5, 5.41) is 0. The van der Waals surface area contributed by atoms with E-state index in [9.17, 15) is 0 Å². The van der Waals surface area contributed by atoms with E-state index in [0.29, 0.717) is 6.61 Å². The van der Waals surface area contributed by atoms with E-state index in [0.717, 1.165) is 35.4 Å². The third-order valence-corrected chi connectivity index (χ3v) is 3.52. The van der Waals surface area contributed by atoms with Crippen LogP contribution in [0.4, 0.5) is 0 Å². The molecule has 0 spiro atoms. The molecule has 0 bridgehead atoms. The Morgan fingerprint density at radius 2 is 2.00 bits per heavy atom. The Bertz CT molecular complexity index is 365. The van der Waals surface area contributed by atoms with E-state index in [1.165, 1.54) is 0 Å². The van der Waals surface area contributed by atoms with Gasteiger partial charge in [0, 0.05) is 22.6 Å². The van der Waals surface area contributed by atoms with Crippen molar-refractivity contribution in [2.45, 2.75) is 26.8 Å². The van der Waals surface area contributed by atoms with Gasteiger partial charge in [0.15, 0.2) is 0 Å². The molecule has 3 nitrogen and oxygen atoms in total. The van der Waals surface area contributed by atoms with Gasteiger partial charge in [-0.05, 0) is 32.1 Å². The molecule has 0 aromatic heterocycles. The van der Waals surface area contributed by atoms with Gasteiger partial charge in [-0.25, -0.2) is 0 Å². The molecule has 1 aromatic rings. The first-order valence-corrected chi connectivity index (χ1v) is 7.28. The number of nitrogens with zero attached hydrogens (tertiary/aromatic N) is 1. The molecule has 0 fully saturated rings. The number of rotatable bonds is 7. The SMILES string of the molecule is CCN(CC)CCOc1cc(Br)ccc1C(C)N. The first kappa shape index (κ1) is 15.5. The van der Waals surface area contributed by atoms with Crippen LogP contribution in [0.1, 0.15) is 32.4 Å². The molecule has 0 radical (unpaired) electrons. The van der Waals surface area contributed by atoms with Crippen LogP contribution in [0.15, 0.2) is 22.7 Å². The number of nitrogens with two attached hydrogens (primary N) is 1. The fourth-order valence-electron chi connectivity index (χ4n) is 1.83. The Morgan fingerprint density at radius 1 is 1.33 bits per heavy atom. The predicted molar refractivity (Wildman–Crippen MR) is 80.0 cm³/mol. The molecular formula is C14H23BrN2O. The number of ether oxygens (including phenoxy) is 1. The number of halogens is 1. The predicted octanol–water partition coefficient (Wildman–Crippen LogP) is 3.19. The van der Waals surface area contributed by atoms with Crippen molar-refractivity contribution in [3.63, 3.8) is 0 Å². The van der Waals surface area contributed by atoms with Crippen molar-refractivity contribution in [1.29, 1.82) is 0 Å². The van der Waals surface area contributed by atoms with Crippen LogP contribution in [0.3, 0.4) is 0 Å². The zero-order chi connectivity index (χ0) is 13.5. The molecule has 0 saturated heterocycles. The van der Waals surface area contributed by atoms with Gasteiger partial charge in [0.2, 0.25) is 0 Å². The minimum Gasteiger partial charge on any atom is -0.492 e. The van der Waals surface area contributed by atoms with Gasteiger partial charge in [-0.2, -0.15) is 0 Å². The first-order chi connectivity index (χ1) is 8.58. The van der Waals surface area contributed by atoms with Crippen molar-refractivity contribution < 1.29 is 4.74 Å². The molecule has 0 aliphatic rings. The second kappa shape index (κ2) is 7.77. The van der Waals surface area contributed by atoms with Gasteiger partial charge >= 0.3 is 0 Å². The van der Waals surface area contributed by atoms with E-state index in [4.69, 9.17) is 10.5 Å². The summed E-state index contributed by atoms with van der Waals surface area (Å²) in [7, 11) is 0. The summed E-state index contributed by atoms with van der Waals surface area (Å²) in [6, 6.07) is 5.99. The molecule has 1 atom stereocenters. The molecular weight excluding hydrogens is 292 g/mol. The summed E-state index contributed by atoms with van der Waals surface area (Å²) in [5.74, 6) is 0.881. The number of likely N-dealkylation sites (N-methyl/N-ethyl adjacent to an activating group) is 1. The molecule has 2 N–H and O–H groups in total. The normalized spacial score (nSPS) is 12.8. The van der Waals surface area contributed by atoms with Crippen molar-refractivity contribution in [3.8, 4) is 5.75 Å². The summed E-state index contributed by atoms with van der Waals surface area (Å²) in [5.41, 5.74) is 7.00. The monoisotopic (exact) mass is 314 g/mol. The molecule has 1 rings (SSSR count). The molecule has 0 aliphatic heterocycles. The van der Waals surface area contributed by atoms with Crippen LogP contribution in [-0.2, 0) is 0 Å². The fraction of sp³-hybridized carbons (Fsp3) is 0.571. The maximum Gasteiger partial charge on any atom is 0.125 e. The summed E-state index contributed by atoms with van der Waals surface area (Å²) in [6.45, 7) is 10.0. The highest BCUT2D eigenvalue weighted by Crippen LogP contribution is 2.27. The smallest absolute Gasteiger partial charge is 0.125 e. The lowest BCUT2D eigenvalue weighted by Crippen LogP contribution is -2.28. The maximum absolute atomic E-state index is 5.94. The van der Waals surface area contributed by atoms with Crippen molar-refractivity contribution in [2.75, 3.05) is 26.2 Å². The van der Waals surface area contributed by atoms with Gasteiger partial charge in [-0.3, -0.25) is 0 Å². The van der Waals surface area contributed by atoms with Crippen molar-refractivity contribution in [3.05, 3.63) is 28.2 Å². The van der Waals surface area contributed by atoms with Gasteiger partial charge in [0.05, 0.1) is 0 Å². The second-order valence-electron chi connectivity index (χ2n) is 4.35. The quantitative estimate of drug-likeness (QED) is 0.840. The van der Waals surface area contributed by atoms with Crippen LogP contribution in [0.5, 0.6) is 5.75 Å². The number of benzene rings is 1. The largest absolute Gasteiger partial charge is 0.492 e. The molecule has 1 unspecified atom stereocenters. The lowest BCUT2D eigenvalue weighted by Gasteiger charge is -2.19. The van der Waals surface area contributed by atoms with Gasteiger partial charge in [0.25, 0.3) is 0 Å². The van der Waals surface area contributed by atoms with Crippen LogP contribution in [0, 0.1) is 0 Å². The molecule has 0 amide bonds. The molecule has 4 heteroatoms. The summed E-state index contributed by atoms with van der Waals surface area (Å²) in [4.78, 5) is 2.34. The van der Waals surface area contributed by atoms with E-state index in [1.807, 2.05) is 25.1 Å². The average Bonchev–Trinajstić information content (AvgIpc) is 2.34. The molecule has 0 heterocycles. The van der Waals surface area contributed by atoms with Gasteiger partial charge in [0.1, 0.15) is 12.4 Å². The van der Waals surface area contributed by atoms with E-state index in [-0.39, 0.29) is 6.04 Å². The van der Waals surface area contributed by atoms with E-state index >= 15 is 0 Å². The van der Waals surface area contributed by atoms with Crippen molar-refractivity contribution in [1.82, 2.24) is 4.90 Å². The zero-order valence-electron chi connectivity index (χ0n) is 11.4. The number of hydrogen-bond donors (Lipinski definition) is 1. The average molecular weight is 315 g/mol. The van der Waals surface area contributed by atoms with Gasteiger partial charge < -0.3 is 15.4 Å². The highest BCUT2D eigenvalue weighted by atomic mass is 79.9. The molecule has 1 aromatic carbocycles. The van der Waals surface area contributed by atoms with Crippen LogP contribution in [0.2, 0.25) is 0 Å². The molecule has 0 saturated carbocycles. The zero-order valence-corrected chi connectivity index (χ0v) is 13.0. The van der Waals surface area contributed by atoms with Crippen molar-refractivity contribution >= 4 is 15.9 Å². The minimum atomic E-state index is -0.0125. The topological polar surface area (TPSA) is 38.5 Å². The summed E-state index contributed by atoms with van der Waals surface area (Å²) >= 11 is 3.46. The van der Waals surface area contributed by atoms with Gasteiger partial charge in [-0.15, -0.1) is 0 Å². The third kappa shape index (κ3) is 4.59. The molecule has 0 aliphatic carbocycles. The molecule has 18 heavy (non-hydrogen) atoms. The van der Waals surface area contributed by atoms with Gasteiger partial charge in [-0.1, -0.05) is 35.8 Å². The van der Waals surface area contributed by atoms with E-state index in [1.54, 1.807) is 0 Å². The van der Waals surface area contributed by atoms with E-state index < -0.39 is 0 Å². The maximum atomic E-state index is 5.94. The Hall–Kier alpha value is -0.580. The van der Waals surface area contributed by atoms with Crippen LogP contribution in [0.25, 0.3) is 0 Å². The molecule has 102 valence electrons. The summed E-state index contributed by atoms with van der Waals surface area (Å²) in [6.07, 6.45) is 0. The minimum absolute atomic E-state index is 0.0125. The standard InChI is InChI=1S/C14H23BrN2O/c1-4-17(5-2)8-9-18-14-10-12(15)6-7-13(14)11(3)16/h6-7,10-11H,4-5,8-9,16H2,1-3H3. The Labute approximate surface area is 118 Å². The summed E-state index contributed by atoms with van der Waals surface area (Å²) < 4.78 is 6.88. The van der Waals surface area contributed by atoms with Crippen LogP contribution >= 0.6 is 15.9 Å².